The average molecular weight is 260 g/mol. The molecule has 102 valence electrons. The molecule has 19 heavy (non-hydrogen) atoms. The van der Waals surface area contributed by atoms with E-state index in [2.05, 4.69) is 18.3 Å². The molecule has 0 bridgehead atoms. The van der Waals surface area contributed by atoms with E-state index in [-0.39, 0.29) is 11.6 Å². The van der Waals surface area contributed by atoms with Gasteiger partial charge < -0.3 is 14.3 Å². The van der Waals surface area contributed by atoms with Gasteiger partial charge in [0.05, 0.1) is 0 Å². The molecular formula is C15H20N2O2. The first-order chi connectivity index (χ1) is 9.08. The molecule has 4 heteroatoms. The Bertz CT molecular complexity index is 598. The molecular weight excluding hydrogens is 240 g/mol. The number of aryl methyl sites for hydroxylation is 2. The fraction of sp³-hybridized carbons (Fsp3) is 0.400. The lowest BCUT2D eigenvalue weighted by atomic mass is 10.1. The second kappa shape index (κ2) is 5.89. The quantitative estimate of drug-likeness (QED) is 0.898. The van der Waals surface area contributed by atoms with Crippen LogP contribution in [0.4, 0.5) is 0 Å². The van der Waals surface area contributed by atoms with Crippen LogP contribution in [0.2, 0.25) is 0 Å². The largest absolute Gasteiger partial charge is 0.466 e. The smallest absolute Gasteiger partial charge is 0.250 e. The van der Waals surface area contributed by atoms with E-state index < -0.39 is 0 Å². The van der Waals surface area contributed by atoms with Crippen LogP contribution < -0.4 is 10.9 Å². The standard InChI is InChI=1S/C15H20N2O2/c1-11-10-14(13(3)19-11)12(2)16-7-9-17-8-5-4-6-15(17)18/h4-6,8,10,12,16H,7,9H2,1-3H3. The third-order valence-corrected chi connectivity index (χ3v) is 3.25. The van der Waals surface area contributed by atoms with Crippen LogP contribution in [-0.4, -0.2) is 11.1 Å². The maximum Gasteiger partial charge on any atom is 0.250 e. The first kappa shape index (κ1) is 13.6. The molecule has 0 spiro atoms. The molecule has 2 rings (SSSR count). The second-order valence-electron chi connectivity index (χ2n) is 4.78. The summed E-state index contributed by atoms with van der Waals surface area (Å²) in [5.74, 6) is 1.88. The zero-order valence-electron chi connectivity index (χ0n) is 11.6. The first-order valence-electron chi connectivity index (χ1n) is 6.53. The van der Waals surface area contributed by atoms with Crippen LogP contribution in [0.1, 0.15) is 30.0 Å². The number of pyridine rings is 1. The minimum absolute atomic E-state index is 0.0345. The van der Waals surface area contributed by atoms with Crippen LogP contribution in [0.15, 0.2) is 39.7 Å². The van der Waals surface area contributed by atoms with E-state index >= 15 is 0 Å². The summed E-state index contributed by atoms with van der Waals surface area (Å²) in [4.78, 5) is 11.5. The molecule has 0 aliphatic heterocycles. The van der Waals surface area contributed by atoms with Gasteiger partial charge in [-0.2, -0.15) is 0 Å². The summed E-state index contributed by atoms with van der Waals surface area (Å²) in [5, 5.41) is 3.41. The summed E-state index contributed by atoms with van der Waals surface area (Å²) in [5.41, 5.74) is 1.21. The zero-order chi connectivity index (χ0) is 13.8. The van der Waals surface area contributed by atoms with Crippen molar-refractivity contribution >= 4 is 0 Å². The van der Waals surface area contributed by atoms with E-state index in [1.165, 1.54) is 5.56 Å². The van der Waals surface area contributed by atoms with Crippen molar-refractivity contribution in [2.24, 2.45) is 0 Å². The van der Waals surface area contributed by atoms with Crippen LogP contribution in [-0.2, 0) is 6.54 Å². The van der Waals surface area contributed by atoms with Crippen LogP contribution >= 0.6 is 0 Å². The van der Waals surface area contributed by atoms with E-state index in [1.807, 2.05) is 26.1 Å². The maximum absolute atomic E-state index is 11.5. The molecule has 0 aliphatic carbocycles. The van der Waals surface area contributed by atoms with Gasteiger partial charge in [-0.25, -0.2) is 0 Å². The molecule has 0 amide bonds. The number of aromatic nitrogens is 1. The van der Waals surface area contributed by atoms with Gasteiger partial charge >= 0.3 is 0 Å². The third kappa shape index (κ3) is 3.35. The average Bonchev–Trinajstić information content (AvgIpc) is 2.71. The number of hydrogen-bond acceptors (Lipinski definition) is 3. The van der Waals surface area contributed by atoms with Crippen molar-refractivity contribution in [3.63, 3.8) is 0 Å². The monoisotopic (exact) mass is 260 g/mol. The van der Waals surface area contributed by atoms with Gasteiger partial charge in [0.15, 0.2) is 0 Å². The fourth-order valence-electron chi connectivity index (χ4n) is 2.24. The minimum Gasteiger partial charge on any atom is -0.466 e. The molecule has 0 fully saturated rings. The topological polar surface area (TPSA) is 47.2 Å². The molecule has 0 saturated heterocycles. The Morgan fingerprint density at radius 1 is 1.37 bits per heavy atom. The van der Waals surface area contributed by atoms with Crippen molar-refractivity contribution in [2.45, 2.75) is 33.4 Å². The lowest BCUT2D eigenvalue weighted by Crippen LogP contribution is -2.27. The van der Waals surface area contributed by atoms with E-state index in [0.717, 1.165) is 18.1 Å². The van der Waals surface area contributed by atoms with E-state index in [9.17, 15) is 4.79 Å². The summed E-state index contributed by atoms with van der Waals surface area (Å²) < 4.78 is 7.23. The van der Waals surface area contributed by atoms with E-state index in [1.54, 1.807) is 16.7 Å². The van der Waals surface area contributed by atoms with Crippen LogP contribution in [0.25, 0.3) is 0 Å². The molecule has 0 radical (unpaired) electrons. The minimum atomic E-state index is 0.0345. The predicted molar refractivity (Wildman–Crippen MR) is 75.3 cm³/mol. The second-order valence-corrected chi connectivity index (χ2v) is 4.78. The Labute approximate surface area is 113 Å². The highest BCUT2D eigenvalue weighted by Crippen LogP contribution is 2.20. The van der Waals surface area contributed by atoms with Crippen molar-refractivity contribution in [1.29, 1.82) is 0 Å². The van der Waals surface area contributed by atoms with Gasteiger partial charge in [0.25, 0.3) is 5.56 Å². The highest BCUT2D eigenvalue weighted by molar-refractivity contribution is 5.23. The normalized spacial score (nSPS) is 12.6. The maximum atomic E-state index is 11.5. The van der Waals surface area contributed by atoms with Crippen LogP contribution in [0, 0.1) is 13.8 Å². The van der Waals surface area contributed by atoms with Crippen molar-refractivity contribution < 1.29 is 4.42 Å². The lowest BCUT2D eigenvalue weighted by molar-refractivity contribution is 0.483. The number of nitrogens with zero attached hydrogens (tertiary/aromatic N) is 1. The Balaban J connectivity index is 1.91. The molecule has 4 nitrogen and oxygen atoms in total. The number of nitrogens with one attached hydrogen (secondary N) is 1. The Morgan fingerprint density at radius 3 is 2.79 bits per heavy atom. The lowest BCUT2D eigenvalue weighted by Gasteiger charge is -2.13. The molecule has 1 N–H and O–H groups in total. The van der Waals surface area contributed by atoms with Gasteiger partial charge in [-0.3, -0.25) is 4.79 Å². The molecule has 0 aromatic carbocycles. The van der Waals surface area contributed by atoms with Crippen LogP contribution in [0.5, 0.6) is 0 Å². The Hall–Kier alpha value is -1.81. The summed E-state index contributed by atoms with van der Waals surface area (Å²) in [6, 6.07) is 7.48. The van der Waals surface area contributed by atoms with Gasteiger partial charge in [-0.15, -0.1) is 0 Å². The Kier molecular flexibility index (Phi) is 4.22. The van der Waals surface area contributed by atoms with Gasteiger partial charge in [0.1, 0.15) is 11.5 Å². The number of furan rings is 1. The molecule has 2 aromatic rings. The number of hydrogen-bond donors (Lipinski definition) is 1. The van der Waals surface area contributed by atoms with Gasteiger partial charge in [0, 0.05) is 37.0 Å². The van der Waals surface area contributed by atoms with Crippen molar-refractivity contribution in [1.82, 2.24) is 9.88 Å². The van der Waals surface area contributed by atoms with Gasteiger partial charge in [0.2, 0.25) is 0 Å². The highest BCUT2D eigenvalue weighted by atomic mass is 16.3. The summed E-state index contributed by atoms with van der Waals surface area (Å²) >= 11 is 0. The fourth-order valence-corrected chi connectivity index (χ4v) is 2.24. The highest BCUT2D eigenvalue weighted by Gasteiger charge is 2.11. The van der Waals surface area contributed by atoms with Crippen molar-refractivity contribution in [3.8, 4) is 0 Å². The molecule has 1 atom stereocenters. The number of rotatable bonds is 5. The van der Waals surface area contributed by atoms with E-state index in [0.29, 0.717) is 6.54 Å². The zero-order valence-corrected chi connectivity index (χ0v) is 11.6. The van der Waals surface area contributed by atoms with Gasteiger partial charge in [-0.05, 0) is 32.9 Å². The summed E-state index contributed by atoms with van der Waals surface area (Å²) in [7, 11) is 0. The van der Waals surface area contributed by atoms with Crippen LogP contribution in [0.3, 0.4) is 0 Å². The SMILES string of the molecule is Cc1cc(C(C)NCCn2ccccc2=O)c(C)o1. The summed E-state index contributed by atoms with van der Waals surface area (Å²) in [6.07, 6.45) is 1.81. The predicted octanol–water partition coefficient (Wildman–Crippen LogP) is 2.41. The molecule has 2 heterocycles. The van der Waals surface area contributed by atoms with Crippen molar-refractivity contribution in [3.05, 3.63) is 57.9 Å². The molecule has 2 aromatic heterocycles. The molecule has 0 saturated carbocycles. The first-order valence-corrected chi connectivity index (χ1v) is 6.53. The third-order valence-electron chi connectivity index (χ3n) is 3.25. The molecule has 0 aliphatic rings. The summed E-state index contributed by atoms with van der Waals surface area (Å²) in [6.45, 7) is 7.44. The van der Waals surface area contributed by atoms with Gasteiger partial charge in [-0.1, -0.05) is 6.07 Å². The Morgan fingerprint density at radius 2 is 2.16 bits per heavy atom. The van der Waals surface area contributed by atoms with E-state index in [4.69, 9.17) is 4.42 Å². The van der Waals surface area contributed by atoms with Crippen molar-refractivity contribution in [2.75, 3.05) is 6.54 Å². The molecule has 1 unspecified atom stereocenters.